The molecule has 6 nitrogen and oxygen atoms in total. The predicted molar refractivity (Wildman–Crippen MR) is 123 cm³/mol. The van der Waals surface area contributed by atoms with Crippen LogP contribution >= 0.6 is 0 Å². The van der Waals surface area contributed by atoms with E-state index in [0.29, 0.717) is 13.0 Å². The van der Waals surface area contributed by atoms with Crippen LogP contribution in [0.4, 0.5) is 5.69 Å². The molecule has 1 aromatic heterocycles. The van der Waals surface area contributed by atoms with Crippen molar-refractivity contribution in [3.05, 3.63) is 72.6 Å². The van der Waals surface area contributed by atoms with Gasteiger partial charge in [-0.2, -0.15) is 0 Å². The van der Waals surface area contributed by atoms with E-state index in [2.05, 4.69) is 34.3 Å². The number of nitrogens with zero attached hydrogens (tertiary/aromatic N) is 3. The molecule has 2 atom stereocenters. The Bertz CT molecular complexity index is 1060. The van der Waals surface area contributed by atoms with Crippen molar-refractivity contribution in [1.82, 2.24) is 15.2 Å². The molecule has 2 unspecified atom stereocenters. The largest absolute Gasteiger partial charge is 0.367 e. The Morgan fingerprint density at radius 1 is 1.10 bits per heavy atom. The number of rotatable bonds is 5. The molecule has 0 saturated carbocycles. The van der Waals surface area contributed by atoms with Gasteiger partial charge in [0.25, 0.3) is 0 Å². The van der Waals surface area contributed by atoms with E-state index in [-0.39, 0.29) is 17.9 Å². The van der Waals surface area contributed by atoms with Gasteiger partial charge in [-0.05, 0) is 24.6 Å². The lowest BCUT2D eigenvalue weighted by Gasteiger charge is -2.42. The lowest BCUT2D eigenvalue weighted by molar-refractivity contribution is -0.138. The monoisotopic (exact) mass is 416 g/mol. The van der Waals surface area contributed by atoms with Crippen LogP contribution in [0.1, 0.15) is 31.9 Å². The summed E-state index contributed by atoms with van der Waals surface area (Å²) in [7, 11) is 0. The van der Waals surface area contributed by atoms with Crippen LogP contribution in [-0.2, 0) is 9.59 Å². The van der Waals surface area contributed by atoms with Gasteiger partial charge in [0.05, 0.1) is 0 Å². The van der Waals surface area contributed by atoms with Crippen LogP contribution in [0, 0.1) is 0 Å². The zero-order valence-electron chi connectivity index (χ0n) is 18.0. The molecule has 31 heavy (non-hydrogen) atoms. The number of hydrogen-bond acceptors (Lipinski definition) is 4. The molecule has 1 saturated heterocycles. The average molecular weight is 417 g/mol. The molecule has 2 heterocycles. The average Bonchev–Trinajstić information content (AvgIpc) is 2.82. The number of nitrogens with one attached hydrogen (secondary N) is 1. The van der Waals surface area contributed by atoms with Crippen molar-refractivity contribution < 1.29 is 9.59 Å². The molecule has 0 bridgehead atoms. The summed E-state index contributed by atoms with van der Waals surface area (Å²) in [6.45, 7) is 5.94. The fourth-order valence-electron chi connectivity index (χ4n) is 4.25. The zero-order valence-corrected chi connectivity index (χ0v) is 18.0. The number of amides is 2. The van der Waals surface area contributed by atoms with Gasteiger partial charge in [0.15, 0.2) is 0 Å². The van der Waals surface area contributed by atoms with Crippen molar-refractivity contribution in [2.45, 2.75) is 32.4 Å². The number of benzene rings is 2. The fraction of sp³-hybridized carbons (Fsp3) is 0.320. The molecule has 3 aromatic rings. The second kappa shape index (κ2) is 9.16. The van der Waals surface area contributed by atoms with E-state index in [1.54, 1.807) is 6.92 Å². The molecule has 1 fully saturated rings. The summed E-state index contributed by atoms with van der Waals surface area (Å²) < 4.78 is 0. The first-order valence-electron chi connectivity index (χ1n) is 10.8. The van der Waals surface area contributed by atoms with Gasteiger partial charge < -0.3 is 15.1 Å². The van der Waals surface area contributed by atoms with Gasteiger partial charge in [-0.1, -0.05) is 49.4 Å². The number of piperazine rings is 1. The number of hydrogen-bond donors (Lipinski definition) is 1. The SMILES string of the molecule is CCC(=O)NC(C(=O)N1CCN(c2cccc3cnccc23)CC1C)c1ccccc1. The van der Waals surface area contributed by atoms with Gasteiger partial charge in [-0.15, -0.1) is 0 Å². The number of pyridine rings is 1. The van der Waals surface area contributed by atoms with Crippen LogP contribution in [0.25, 0.3) is 10.8 Å². The summed E-state index contributed by atoms with van der Waals surface area (Å²) in [5.74, 6) is -0.180. The van der Waals surface area contributed by atoms with Crippen molar-refractivity contribution in [3.8, 4) is 0 Å². The second-order valence-electron chi connectivity index (χ2n) is 7.97. The second-order valence-corrected chi connectivity index (χ2v) is 7.97. The summed E-state index contributed by atoms with van der Waals surface area (Å²) in [5, 5.41) is 5.19. The molecular formula is C25H28N4O2. The van der Waals surface area contributed by atoms with Crippen LogP contribution in [0.3, 0.4) is 0 Å². The summed E-state index contributed by atoms with van der Waals surface area (Å²) in [6.07, 6.45) is 4.04. The van der Waals surface area contributed by atoms with Crippen LogP contribution in [0.15, 0.2) is 67.0 Å². The van der Waals surface area contributed by atoms with Crippen LogP contribution in [0.5, 0.6) is 0 Å². The molecule has 0 spiro atoms. The Hall–Kier alpha value is -3.41. The Morgan fingerprint density at radius 2 is 1.90 bits per heavy atom. The number of anilines is 1. The number of carbonyl (C=O) groups is 2. The minimum atomic E-state index is -0.661. The molecule has 0 aliphatic carbocycles. The fourth-order valence-corrected chi connectivity index (χ4v) is 4.25. The molecule has 1 aliphatic heterocycles. The summed E-state index contributed by atoms with van der Waals surface area (Å²) >= 11 is 0. The van der Waals surface area contributed by atoms with Crippen LogP contribution < -0.4 is 10.2 Å². The number of aromatic nitrogens is 1. The van der Waals surface area contributed by atoms with E-state index < -0.39 is 6.04 Å². The van der Waals surface area contributed by atoms with Gasteiger partial charge in [0, 0.05) is 61.0 Å². The van der Waals surface area contributed by atoms with E-state index in [1.165, 1.54) is 5.39 Å². The zero-order chi connectivity index (χ0) is 21.8. The van der Waals surface area contributed by atoms with Gasteiger partial charge in [0.2, 0.25) is 11.8 Å². The Morgan fingerprint density at radius 3 is 2.65 bits per heavy atom. The first kappa shape index (κ1) is 20.8. The van der Waals surface area contributed by atoms with Gasteiger partial charge >= 0.3 is 0 Å². The minimum Gasteiger partial charge on any atom is -0.367 e. The topological polar surface area (TPSA) is 65.5 Å². The Labute approximate surface area is 182 Å². The maximum atomic E-state index is 13.5. The quantitative estimate of drug-likeness (QED) is 0.691. The highest BCUT2D eigenvalue weighted by atomic mass is 16.2. The highest BCUT2D eigenvalue weighted by Gasteiger charge is 2.33. The molecule has 0 radical (unpaired) electrons. The van der Waals surface area contributed by atoms with Crippen LogP contribution in [-0.4, -0.2) is 47.4 Å². The molecule has 1 N–H and O–H groups in total. The predicted octanol–water partition coefficient (Wildman–Crippen LogP) is 3.54. The van der Waals surface area contributed by atoms with Crippen molar-refractivity contribution in [1.29, 1.82) is 0 Å². The van der Waals surface area contributed by atoms with E-state index in [0.717, 1.165) is 29.7 Å². The Balaban J connectivity index is 1.54. The van der Waals surface area contributed by atoms with Gasteiger partial charge in [-0.25, -0.2) is 0 Å². The standard InChI is InChI=1S/C25H28N4O2/c1-3-23(30)27-24(19-8-5-4-6-9-19)25(31)29-15-14-28(17-18(29)2)22-11-7-10-20-16-26-13-12-21(20)22/h4-13,16,18,24H,3,14-15,17H2,1-2H3,(H,27,30). The molecular weight excluding hydrogens is 388 g/mol. The molecule has 2 aromatic carbocycles. The van der Waals surface area contributed by atoms with Gasteiger partial charge in [0.1, 0.15) is 6.04 Å². The maximum Gasteiger partial charge on any atom is 0.250 e. The van der Waals surface area contributed by atoms with Gasteiger partial charge in [-0.3, -0.25) is 14.6 Å². The summed E-state index contributed by atoms with van der Waals surface area (Å²) in [4.78, 5) is 34.1. The smallest absolute Gasteiger partial charge is 0.250 e. The normalized spacial score (nSPS) is 17.4. The first-order chi connectivity index (χ1) is 15.1. The molecule has 1 aliphatic rings. The molecule has 4 rings (SSSR count). The first-order valence-corrected chi connectivity index (χ1v) is 10.8. The third-order valence-corrected chi connectivity index (χ3v) is 5.92. The number of carbonyl (C=O) groups excluding carboxylic acids is 2. The van der Waals surface area contributed by atoms with E-state index in [9.17, 15) is 9.59 Å². The molecule has 160 valence electrons. The lowest BCUT2D eigenvalue weighted by atomic mass is 10.0. The highest BCUT2D eigenvalue weighted by molar-refractivity contribution is 5.94. The minimum absolute atomic E-state index is 0.0167. The Kier molecular flexibility index (Phi) is 6.16. The molecule has 6 heteroatoms. The van der Waals surface area contributed by atoms with Crippen molar-refractivity contribution in [2.24, 2.45) is 0 Å². The van der Waals surface area contributed by atoms with E-state index in [1.807, 2.05) is 59.8 Å². The lowest BCUT2D eigenvalue weighted by Crippen LogP contribution is -2.56. The van der Waals surface area contributed by atoms with Crippen molar-refractivity contribution in [3.63, 3.8) is 0 Å². The van der Waals surface area contributed by atoms with Crippen molar-refractivity contribution in [2.75, 3.05) is 24.5 Å². The van der Waals surface area contributed by atoms with Crippen LogP contribution in [0.2, 0.25) is 0 Å². The summed E-state index contributed by atoms with van der Waals surface area (Å²) in [6, 6.07) is 17.1. The highest BCUT2D eigenvalue weighted by Crippen LogP contribution is 2.29. The maximum absolute atomic E-state index is 13.5. The third-order valence-electron chi connectivity index (χ3n) is 5.92. The number of fused-ring (bicyclic) bond motifs is 1. The van der Waals surface area contributed by atoms with Crippen molar-refractivity contribution >= 4 is 28.3 Å². The van der Waals surface area contributed by atoms with E-state index >= 15 is 0 Å². The van der Waals surface area contributed by atoms with E-state index in [4.69, 9.17) is 0 Å². The molecule has 2 amide bonds. The summed E-state index contributed by atoms with van der Waals surface area (Å²) in [5.41, 5.74) is 1.98. The third kappa shape index (κ3) is 4.38.